The van der Waals surface area contributed by atoms with Crippen LogP contribution in [0.2, 0.25) is 0 Å². The van der Waals surface area contributed by atoms with Crippen LogP contribution in [-0.2, 0) is 14.8 Å². The molecule has 1 fully saturated rings. The van der Waals surface area contributed by atoms with E-state index in [1.165, 1.54) is 11.7 Å². The molecule has 0 atom stereocenters. The molecule has 2 N–H and O–H groups in total. The van der Waals surface area contributed by atoms with Gasteiger partial charge in [-0.05, 0) is 11.6 Å². The Morgan fingerprint density at radius 2 is 1.89 bits per heavy atom. The summed E-state index contributed by atoms with van der Waals surface area (Å²) in [5, 5.41) is 4.28. The summed E-state index contributed by atoms with van der Waals surface area (Å²) in [5.74, 6) is 1.49. The zero-order valence-electron chi connectivity index (χ0n) is 14.9. The number of ether oxygens (including phenoxy) is 1. The first-order valence-electron chi connectivity index (χ1n) is 8.74. The fourth-order valence-corrected chi connectivity index (χ4v) is 3.39. The van der Waals surface area contributed by atoms with Gasteiger partial charge in [-0.1, -0.05) is 30.3 Å². The summed E-state index contributed by atoms with van der Waals surface area (Å²) in [6, 6.07) is 11.1. The molecule has 9 heteroatoms. The van der Waals surface area contributed by atoms with E-state index in [1.807, 2.05) is 36.4 Å². The molecule has 2 aromatic rings. The Labute approximate surface area is 159 Å². The third-order valence-electron chi connectivity index (χ3n) is 3.96. The standard InChI is InChI=1S/C18H23N5O3S/c24-27(25,13-6-16-4-2-1-3-5-16)22-8-7-19-17-14-18(21-15-20-17)23-9-11-26-12-10-23/h1-6,13-15,22H,7-12H2,(H,19,20,21)/b13-6+. The Bertz CT molecular complexity index is 852. The van der Waals surface area contributed by atoms with Crippen molar-refractivity contribution in [1.82, 2.24) is 14.7 Å². The van der Waals surface area contributed by atoms with Crippen molar-refractivity contribution in [3.63, 3.8) is 0 Å². The third kappa shape index (κ3) is 6.31. The van der Waals surface area contributed by atoms with E-state index in [0.29, 0.717) is 25.6 Å². The lowest BCUT2D eigenvalue weighted by atomic mass is 10.2. The van der Waals surface area contributed by atoms with Crippen LogP contribution in [0.25, 0.3) is 6.08 Å². The van der Waals surface area contributed by atoms with E-state index < -0.39 is 10.0 Å². The van der Waals surface area contributed by atoms with Gasteiger partial charge in [-0.2, -0.15) is 0 Å². The molecule has 1 aliphatic heterocycles. The topological polar surface area (TPSA) is 96.5 Å². The number of morpholine rings is 1. The molecular weight excluding hydrogens is 366 g/mol. The molecule has 1 aromatic carbocycles. The Morgan fingerprint density at radius 1 is 1.11 bits per heavy atom. The van der Waals surface area contributed by atoms with Crippen molar-refractivity contribution in [3.05, 3.63) is 53.7 Å². The maximum atomic E-state index is 12.0. The van der Waals surface area contributed by atoms with Crippen molar-refractivity contribution >= 4 is 27.7 Å². The SMILES string of the molecule is O=S(=O)(/C=C/c1ccccc1)NCCNc1cc(N2CCOCC2)ncn1. The number of aromatic nitrogens is 2. The Kier molecular flexibility index (Phi) is 6.74. The van der Waals surface area contributed by atoms with Gasteiger partial charge in [0.2, 0.25) is 10.0 Å². The fraction of sp³-hybridized carbons (Fsp3) is 0.333. The average Bonchev–Trinajstić information content (AvgIpc) is 2.72. The lowest BCUT2D eigenvalue weighted by Gasteiger charge is -2.27. The van der Waals surface area contributed by atoms with Crippen LogP contribution in [0.5, 0.6) is 0 Å². The molecule has 3 rings (SSSR count). The number of hydrogen-bond donors (Lipinski definition) is 2. The second kappa shape index (κ2) is 9.45. The molecule has 1 aliphatic rings. The Hall–Kier alpha value is -2.49. The highest BCUT2D eigenvalue weighted by molar-refractivity contribution is 7.92. The molecule has 8 nitrogen and oxygen atoms in total. The molecular formula is C18H23N5O3S. The van der Waals surface area contributed by atoms with Crippen LogP contribution in [0.4, 0.5) is 11.6 Å². The van der Waals surface area contributed by atoms with Gasteiger partial charge in [0, 0.05) is 37.7 Å². The summed E-state index contributed by atoms with van der Waals surface area (Å²) in [5.41, 5.74) is 0.831. The largest absolute Gasteiger partial charge is 0.378 e. The second-order valence-electron chi connectivity index (χ2n) is 5.94. The zero-order chi connectivity index (χ0) is 19.0. The third-order valence-corrected chi connectivity index (χ3v) is 5.06. The number of benzene rings is 1. The Morgan fingerprint density at radius 3 is 2.67 bits per heavy atom. The van der Waals surface area contributed by atoms with Gasteiger partial charge in [-0.25, -0.2) is 23.1 Å². The van der Waals surface area contributed by atoms with Crippen LogP contribution in [0, 0.1) is 0 Å². The lowest BCUT2D eigenvalue weighted by Crippen LogP contribution is -2.36. The molecule has 1 saturated heterocycles. The van der Waals surface area contributed by atoms with Gasteiger partial charge < -0.3 is 15.0 Å². The van der Waals surface area contributed by atoms with Crippen LogP contribution in [0.15, 0.2) is 48.1 Å². The van der Waals surface area contributed by atoms with Crippen molar-refractivity contribution < 1.29 is 13.2 Å². The number of sulfonamides is 1. The fourth-order valence-electron chi connectivity index (χ4n) is 2.57. The van der Waals surface area contributed by atoms with Crippen molar-refractivity contribution in [2.24, 2.45) is 0 Å². The number of nitrogens with zero attached hydrogens (tertiary/aromatic N) is 3. The predicted molar refractivity (Wildman–Crippen MR) is 106 cm³/mol. The first-order valence-corrected chi connectivity index (χ1v) is 10.3. The lowest BCUT2D eigenvalue weighted by molar-refractivity contribution is 0.122. The number of rotatable bonds is 8. The molecule has 0 aliphatic carbocycles. The van der Waals surface area contributed by atoms with Crippen LogP contribution >= 0.6 is 0 Å². The quantitative estimate of drug-likeness (QED) is 0.657. The molecule has 2 heterocycles. The van der Waals surface area contributed by atoms with Gasteiger partial charge in [0.05, 0.1) is 13.2 Å². The van der Waals surface area contributed by atoms with E-state index in [-0.39, 0.29) is 6.54 Å². The van der Waals surface area contributed by atoms with Crippen LogP contribution in [-0.4, -0.2) is 57.8 Å². The minimum Gasteiger partial charge on any atom is -0.378 e. The smallest absolute Gasteiger partial charge is 0.233 e. The summed E-state index contributed by atoms with van der Waals surface area (Å²) in [6.07, 6.45) is 3.06. The number of anilines is 2. The minimum absolute atomic E-state index is 0.248. The molecule has 0 bridgehead atoms. The summed E-state index contributed by atoms with van der Waals surface area (Å²) in [4.78, 5) is 10.6. The van der Waals surface area contributed by atoms with Crippen LogP contribution in [0.1, 0.15) is 5.56 Å². The van der Waals surface area contributed by atoms with E-state index in [4.69, 9.17) is 4.74 Å². The minimum atomic E-state index is -3.48. The molecule has 0 saturated carbocycles. The average molecular weight is 389 g/mol. The van der Waals surface area contributed by atoms with E-state index >= 15 is 0 Å². The van der Waals surface area contributed by atoms with Gasteiger partial charge in [0.25, 0.3) is 0 Å². The molecule has 144 valence electrons. The molecule has 0 spiro atoms. The van der Waals surface area contributed by atoms with Crippen LogP contribution in [0.3, 0.4) is 0 Å². The van der Waals surface area contributed by atoms with Gasteiger partial charge in [-0.3, -0.25) is 0 Å². The molecule has 1 aromatic heterocycles. The molecule has 27 heavy (non-hydrogen) atoms. The van der Waals surface area contributed by atoms with E-state index in [0.717, 1.165) is 24.5 Å². The summed E-state index contributed by atoms with van der Waals surface area (Å²) in [7, 11) is -3.48. The highest BCUT2D eigenvalue weighted by Crippen LogP contribution is 2.15. The van der Waals surface area contributed by atoms with Gasteiger partial charge in [0.15, 0.2) is 0 Å². The summed E-state index contributed by atoms with van der Waals surface area (Å²) < 4.78 is 31.9. The monoisotopic (exact) mass is 389 g/mol. The van der Waals surface area contributed by atoms with Crippen molar-refractivity contribution in [2.45, 2.75) is 0 Å². The first kappa shape index (κ1) is 19.3. The van der Waals surface area contributed by atoms with E-state index in [2.05, 4.69) is 24.9 Å². The first-order chi connectivity index (χ1) is 13.1. The van der Waals surface area contributed by atoms with Gasteiger partial charge in [0.1, 0.15) is 18.0 Å². The highest BCUT2D eigenvalue weighted by Gasteiger charge is 2.13. The molecule has 0 unspecified atom stereocenters. The van der Waals surface area contributed by atoms with E-state index in [9.17, 15) is 8.42 Å². The molecule has 0 radical (unpaired) electrons. The summed E-state index contributed by atoms with van der Waals surface area (Å²) >= 11 is 0. The van der Waals surface area contributed by atoms with Gasteiger partial charge >= 0.3 is 0 Å². The maximum Gasteiger partial charge on any atom is 0.233 e. The highest BCUT2D eigenvalue weighted by atomic mass is 32.2. The van der Waals surface area contributed by atoms with Crippen molar-refractivity contribution in [3.8, 4) is 0 Å². The number of hydrogen-bond acceptors (Lipinski definition) is 7. The van der Waals surface area contributed by atoms with Crippen LogP contribution < -0.4 is 14.9 Å². The van der Waals surface area contributed by atoms with E-state index in [1.54, 1.807) is 6.08 Å². The predicted octanol–water partition coefficient (Wildman–Crippen LogP) is 1.32. The number of nitrogens with one attached hydrogen (secondary N) is 2. The summed E-state index contributed by atoms with van der Waals surface area (Å²) in [6.45, 7) is 3.63. The molecule has 0 amide bonds. The van der Waals surface area contributed by atoms with Crippen molar-refractivity contribution in [2.75, 3.05) is 49.6 Å². The van der Waals surface area contributed by atoms with Crippen molar-refractivity contribution in [1.29, 1.82) is 0 Å². The zero-order valence-corrected chi connectivity index (χ0v) is 15.7. The normalized spacial score (nSPS) is 15.2. The van der Waals surface area contributed by atoms with Gasteiger partial charge in [-0.15, -0.1) is 0 Å². The maximum absolute atomic E-state index is 12.0. The Balaban J connectivity index is 1.46. The second-order valence-corrected chi connectivity index (χ2v) is 7.59.